The van der Waals surface area contributed by atoms with Gasteiger partial charge in [0.05, 0.1) is 24.9 Å². The van der Waals surface area contributed by atoms with Crippen LogP contribution in [0.15, 0.2) is 47.5 Å². The predicted octanol–water partition coefficient (Wildman–Crippen LogP) is 3.16. The Morgan fingerprint density at radius 2 is 1.97 bits per heavy atom. The van der Waals surface area contributed by atoms with Crippen molar-refractivity contribution in [2.24, 2.45) is 4.99 Å². The van der Waals surface area contributed by atoms with Crippen LogP contribution in [-0.2, 0) is 11.2 Å². The number of benzene rings is 2. The zero-order valence-corrected chi connectivity index (χ0v) is 21.0. The molecule has 1 amide bonds. The number of amides is 1. The first-order valence-electron chi connectivity index (χ1n) is 11.5. The van der Waals surface area contributed by atoms with E-state index < -0.39 is 15.1 Å². The molecule has 0 fully saturated rings. The summed E-state index contributed by atoms with van der Waals surface area (Å²) in [6.45, 7) is 6.26. The Kier molecular flexibility index (Phi) is 7.23. The molecule has 0 aliphatic carbocycles. The van der Waals surface area contributed by atoms with Crippen molar-refractivity contribution >= 4 is 20.7 Å². The van der Waals surface area contributed by atoms with Crippen LogP contribution < -0.4 is 10.1 Å². The first kappa shape index (κ1) is 23.8. The van der Waals surface area contributed by atoms with E-state index in [1.807, 2.05) is 43.2 Å². The molecule has 0 spiro atoms. The lowest BCUT2D eigenvalue weighted by Gasteiger charge is -2.14. The Morgan fingerprint density at radius 1 is 1.21 bits per heavy atom. The van der Waals surface area contributed by atoms with E-state index in [9.17, 15) is 9.59 Å². The summed E-state index contributed by atoms with van der Waals surface area (Å²) in [7, 11) is 0.384. The van der Waals surface area contributed by atoms with Gasteiger partial charge in [-0.3, -0.25) is 14.4 Å². The van der Waals surface area contributed by atoms with Crippen molar-refractivity contribution in [2.45, 2.75) is 45.3 Å². The molecule has 1 aliphatic heterocycles. The van der Waals surface area contributed by atoms with Crippen LogP contribution in [0.5, 0.6) is 5.75 Å². The van der Waals surface area contributed by atoms with E-state index in [2.05, 4.69) is 39.8 Å². The molecule has 2 N–H and O–H groups in total. The first-order valence-corrected chi connectivity index (χ1v) is 13.6. The van der Waals surface area contributed by atoms with Gasteiger partial charge in [0.25, 0.3) is 0 Å². The van der Waals surface area contributed by atoms with Crippen molar-refractivity contribution in [1.82, 2.24) is 20.1 Å². The second-order valence-electron chi connectivity index (χ2n) is 8.41. The molecule has 8 nitrogen and oxygen atoms in total. The maximum absolute atomic E-state index is 12.6. The molecule has 1 aromatic heterocycles. The number of fused-ring (bicyclic) bond motifs is 3. The largest absolute Gasteiger partial charge is 0.497 e. The number of nitrogens with zero attached hydrogens (tertiary/aromatic N) is 4. The minimum Gasteiger partial charge on any atom is -0.497 e. The van der Waals surface area contributed by atoms with Gasteiger partial charge in [-0.15, -0.1) is 10.2 Å². The fourth-order valence-electron chi connectivity index (χ4n) is 4.17. The number of aryl methyl sites for hydroxylation is 2. The normalized spacial score (nSPS) is 14.8. The number of hydrogen-bond donors (Lipinski definition) is 2. The van der Waals surface area contributed by atoms with Gasteiger partial charge in [-0.05, 0) is 56.6 Å². The lowest BCUT2D eigenvalue weighted by molar-refractivity contribution is -0.121. The lowest BCUT2D eigenvalue weighted by Crippen LogP contribution is -2.25. The van der Waals surface area contributed by atoms with Gasteiger partial charge in [0, 0.05) is 17.7 Å². The van der Waals surface area contributed by atoms with Gasteiger partial charge in [-0.2, -0.15) is 0 Å². The van der Waals surface area contributed by atoms with Crippen molar-refractivity contribution in [3.05, 3.63) is 70.8 Å². The monoisotopic (exact) mass is 476 g/mol. The highest BCUT2D eigenvalue weighted by atomic mass is 28.3. The van der Waals surface area contributed by atoms with Gasteiger partial charge in [0.15, 0.2) is 5.82 Å². The highest BCUT2D eigenvalue weighted by molar-refractivity contribution is 6.48. The van der Waals surface area contributed by atoms with E-state index in [0.717, 1.165) is 46.6 Å². The topological polar surface area (TPSA) is 102 Å². The summed E-state index contributed by atoms with van der Waals surface area (Å²) in [4.78, 5) is 27.4. The molecule has 3 aromatic rings. The van der Waals surface area contributed by atoms with Crippen LogP contribution in [-0.4, -0.2) is 53.9 Å². The smallest absolute Gasteiger partial charge is 0.222 e. The third-order valence-corrected chi connectivity index (χ3v) is 6.86. The fraction of sp³-hybridized carbons (Fsp3) is 0.360. The molecule has 0 bridgehead atoms. The molecule has 1 atom stereocenters. The van der Waals surface area contributed by atoms with Crippen LogP contribution in [0.3, 0.4) is 0 Å². The Hall–Kier alpha value is -3.30. The zero-order valence-electron chi connectivity index (χ0n) is 20.0. The van der Waals surface area contributed by atoms with Crippen LogP contribution in [0.25, 0.3) is 5.69 Å². The van der Waals surface area contributed by atoms with Crippen molar-refractivity contribution in [2.75, 3.05) is 13.7 Å². The highest BCUT2D eigenvalue weighted by Crippen LogP contribution is 2.34. The van der Waals surface area contributed by atoms with Gasteiger partial charge >= 0.3 is 0 Å². The fourth-order valence-corrected chi connectivity index (χ4v) is 4.82. The van der Waals surface area contributed by atoms with Crippen LogP contribution in [0.1, 0.15) is 47.7 Å². The van der Waals surface area contributed by atoms with E-state index in [0.29, 0.717) is 12.4 Å². The number of hydrogen-bond acceptors (Lipinski definition) is 6. The predicted molar refractivity (Wildman–Crippen MR) is 133 cm³/mol. The Morgan fingerprint density at radius 3 is 2.65 bits per heavy atom. The number of aliphatic imine (C=N–C) groups is 1. The molecule has 0 saturated carbocycles. The van der Waals surface area contributed by atoms with Crippen LogP contribution in [0.2, 0.25) is 12.6 Å². The maximum atomic E-state index is 12.6. The summed E-state index contributed by atoms with van der Waals surface area (Å²) in [5.41, 5.74) is 4.69. The molecule has 4 rings (SSSR count). The Balaban J connectivity index is 1.84. The highest BCUT2D eigenvalue weighted by Gasteiger charge is 2.29. The molecule has 177 valence electrons. The van der Waals surface area contributed by atoms with E-state index in [1.165, 1.54) is 5.56 Å². The molecule has 0 unspecified atom stereocenters. The minimum absolute atomic E-state index is 0.0807. The van der Waals surface area contributed by atoms with Crippen molar-refractivity contribution in [3.63, 3.8) is 0 Å². The SMILES string of the molecule is CCNC(=O)C[C@@H]1N=C(c2ccc(CC[Si](C)O)cc2)c2cc(OC)ccc2-n2c(C)nnc21. The van der Waals surface area contributed by atoms with Gasteiger partial charge < -0.3 is 14.8 Å². The van der Waals surface area contributed by atoms with E-state index in [1.54, 1.807) is 7.11 Å². The minimum atomic E-state index is -1.26. The summed E-state index contributed by atoms with van der Waals surface area (Å²) in [5.74, 6) is 2.01. The van der Waals surface area contributed by atoms with Crippen LogP contribution in [0.4, 0.5) is 0 Å². The van der Waals surface area contributed by atoms with Gasteiger partial charge in [0.2, 0.25) is 14.9 Å². The van der Waals surface area contributed by atoms with Crippen LogP contribution >= 0.6 is 0 Å². The Labute approximate surface area is 201 Å². The second kappa shape index (κ2) is 10.3. The molecule has 0 saturated heterocycles. The number of nitrogens with one attached hydrogen (secondary N) is 1. The average molecular weight is 477 g/mol. The average Bonchev–Trinajstić information content (AvgIpc) is 3.15. The summed E-state index contributed by atoms with van der Waals surface area (Å²) in [6, 6.07) is 14.5. The molecule has 9 heteroatoms. The Bertz CT molecular complexity index is 1200. The standard InChI is InChI=1S/C25H30N5O3Si/c1-5-26-23(31)15-21-25-29-28-16(2)30(25)22-11-10-19(33-3)14-20(22)24(27-21)18-8-6-17(7-9-18)12-13-34(4)32/h6-11,14,21,32H,5,12-13,15H2,1-4H3,(H,26,31)/t21-/m0/s1. The first-order chi connectivity index (χ1) is 16.4. The van der Waals surface area contributed by atoms with Crippen LogP contribution in [0, 0.1) is 6.92 Å². The third-order valence-electron chi connectivity index (χ3n) is 5.89. The molecule has 1 aliphatic rings. The number of rotatable bonds is 8. The molecule has 2 heterocycles. The second-order valence-corrected chi connectivity index (χ2v) is 10.4. The van der Waals surface area contributed by atoms with Gasteiger partial charge in [0.1, 0.15) is 17.6 Å². The number of aromatic nitrogens is 3. The lowest BCUT2D eigenvalue weighted by atomic mass is 9.98. The zero-order chi connectivity index (χ0) is 24.2. The van der Waals surface area contributed by atoms with E-state index >= 15 is 0 Å². The van der Waals surface area contributed by atoms with Gasteiger partial charge in [-0.1, -0.05) is 24.3 Å². The number of methoxy groups -OCH3 is 1. The summed E-state index contributed by atoms with van der Waals surface area (Å²) in [6.07, 6.45) is 1.02. The number of carbonyl (C=O) groups is 1. The number of ether oxygens (including phenoxy) is 1. The summed E-state index contributed by atoms with van der Waals surface area (Å²) >= 11 is 0. The quantitative estimate of drug-likeness (QED) is 0.486. The molecule has 1 radical (unpaired) electrons. The van der Waals surface area contributed by atoms with E-state index in [4.69, 9.17) is 9.73 Å². The van der Waals surface area contributed by atoms with Crippen molar-refractivity contribution in [1.29, 1.82) is 0 Å². The van der Waals surface area contributed by atoms with E-state index in [-0.39, 0.29) is 12.3 Å². The molecular weight excluding hydrogens is 446 g/mol. The van der Waals surface area contributed by atoms with Gasteiger partial charge in [-0.25, -0.2) is 0 Å². The molecule has 2 aromatic carbocycles. The number of carbonyl (C=O) groups excluding carboxylic acids is 1. The third kappa shape index (κ3) is 4.95. The summed E-state index contributed by atoms with van der Waals surface area (Å²) < 4.78 is 7.50. The molecule has 34 heavy (non-hydrogen) atoms. The maximum Gasteiger partial charge on any atom is 0.222 e. The van der Waals surface area contributed by atoms with Crippen molar-refractivity contribution < 1.29 is 14.3 Å². The molecular formula is C25H30N5O3Si. The summed E-state index contributed by atoms with van der Waals surface area (Å²) in [5, 5.41) is 11.6. The van der Waals surface area contributed by atoms with Crippen molar-refractivity contribution in [3.8, 4) is 11.4 Å².